The molecule has 0 unspecified atom stereocenters. The lowest BCUT2D eigenvalue weighted by atomic mass is 10.0. The van der Waals surface area contributed by atoms with E-state index < -0.39 is 7.82 Å². The molecule has 136 valence electrons. The van der Waals surface area contributed by atoms with E-state index in [1.807, 2.05) is 0 Å². The van der Waals surface area contributed by atoms with Gasteiger partial charge in [-0.05, 0) is 13.0 Å². The summed E-state index contributed by atoms with van der Waals surface area (Å²) in [6, 6.07) is 0. The fourth-order valence-corrected chi connectivity index (χ4v) is 2.34. The molecule has 0 aromatic heterocycles. The minimum Gasteiger partial charge on any atom is -0.330 e. The van der Waals surface area contributed by atoms with E-state index in [1.165, 1.54) is 89.9 Å². The van der Waals surface area contributed by atoms with Gasteiger partial charge in [-0.3, -0.25) is 0 Å². The molecule has 5 nitrogen and oxygen atoms in total. The Morgan fingerprint density at radius 1 is 0.636 bits per heavy atom. The summed E-state index contributed by atoms with van der Waals surface area (Å²) < 4.78 is 8.88. The maximum atomic E-state index is 8.88. The highest BCUT2D eigenvalue weighted by molar-refractivity contribution is 7.45. The van der Waals surface area contributed by atoms with Gasteiger partial charge in [-0.15, -0.1) is 0 Å². The fourth-order valence-electron chi connectivity index (χ4n) is 2.34. The van der Waals surface area contributed by atoms with Gasteiger partial charge in [0, 0.05) is 0 Å². The van der Waals surface area contributed by atoms with Crippen LogP contribution >= 0.6 is 7.82 Å². The Morgan fingerprint density at radius 2 is 0.864 bits per heavy atom. The van der Waals surface area contributed by atoms with E-state index in [0.717, 1.165) is 6.54 Å². The van der Waals surface area contributed by atoms with Crippen molar-refractivity contribution in [3.63, 3.8) is 0 Å². The molecule has 5 N–H and O–H groups in total. The third kappa shape index (κ3) is 36.9. The Balaban J connectivity index is 0. The highest BCUT2D eigenvalue weighted by Crippen LogP contribution is 2.25. The highest BCUT2D eigenvalue weighted by Gasteiger charge is 2.00. The van der Waals surface area contributed by atoms with Crippen molar-refractivity contribution in [1.29, 1.82) is 0 Å². The first-order valence-corrected chi connectivity index (χ1v) is 10.5. The normalized spacial score (nSPS) is 11.1. The SMILES string of the molecule is CCCCCCCCCCCCCCCCN.O=P(O)(O)O. The first-order valence-electron chi connectivity index (χ1n) is 8.90. The standard InChI is InChI=1S/C16H35N.H3O4P/c1-2-3-4-5-6-7-8-9-10-11-12-13-14-15-16-17;1-5(2,3)4/h2-17H2,1H3;(H3,1,2,3,4). The molecule has 0 aromatic rings. The third-order valence-electron chi connectivity index (χ3n) is 3.56. The molecule has 6 heteroatoms. The Morgan fingerprint density at radius 3 is 1.09 bits per heavy atom. The zero-order valence-corrected chi connectivity index (χ0v) is 15.3. The molecule has 0 aromatic carbocycles. The van der Waals surface area contributed by atoms with E-state index in [0.29, 0.717) is 0 Å². The predicted octanol–water partition coefficient (Wildman–Crippen LogP) is 4.50. The number of hydrogen-bond donors (Lipinski definition) is 4. The van der Waals surface area contributed by atoms with E-state index in [4.69, 9.17) is 25.0 Å². The zero-order chi connectivity index (χ0) is 17.1. The van der Waals surface area contributed by atoms with Crippen LogP contribution in [-0.4, -0.2) is 21.2 Å². The number of rotatable bonds is 14. The average Bonchev–Trinajstić information content (AvgIpc) is 2.42. The molecule has 0 radical (unpaired) electrons. The molecular formula is C16H38NO4P. The first kappa shape index (κ1) is 24.3. The highest BCUT2D eigenvalue weighted by atomic mass is 31.2. The van der Waals surface area contributed by atoms with Crippen molar-refractivity contribution in [2.45, 2.75) is 96.8 Å². The third-order valence-corrected chi connectivity index (χ3v) is 3.56. The molecule has 0 aliphatic heterocycles. The number of phosphoric acid groups is 1. The van der Waals surface area contributed by atoms with Crippen LogP contribution in [0.3, 0.4) is 0 Å². The molecule has 0 spiro atoms. The van der Waals surface area contributed by atoms with E-state index in [1.54, 1.807) is 0 Å². The van der Waals surface area contributed by atoms with Crippen LogP contribution in [0.5, 0.6) is 0 Å². The maximum Gasteiger partial charge on any atom is 0.466 e. The molecule has 0 heterocycles. The summed E-state index contributed by atoms with van der Waals surface area (Å²) in [5.74, 6) is 0. The van der Waals surface area contributed by atoms with Gasteiger partial charge in [-0.25, -0.2) is 4.57 Å². The van der Waals surface area contributed by atoms with Crippen molar-refractivity contribution in [1.82, 2.24) is 0 Å². The Bertz CT molecular complexity index is 224. The van der Waals surface area contributed by atoms with Gasteiger partial charge in [-0.2, -0.15) is 0 Å². The van der Waals surface area contributed by atoms with Gasteiger partial charge in [0.25, 0.3) is 0 Å². The molecule has 0 saturated carbocycles. The largest absolute Gasteiger partial charge is 0.466 e. The fraction of sp³-hybridized carbons (Fsp3) is 1.00. The second kappa shape index (κ2) is 19.1. The quantitative estimate of drug-likeness (QED) is 0.275. The monoisotopic (exact) mass is 339 g/mol. The lowest BCUT2D eigenvalue weighted by Crippen LogP contribution is -1.97. The Hall–Kier alpha value is 0.0700. The van der Waals surface area contributed by atoms with Gasteiger partial charge >= 0.3 is 7.82 Å². The Labute approximate surface area is 136 Å². The zero-order valence-electron chi connectivity index (χ0n) is 14.4. The smallest absolute Gasteiger partial charge is 0.330 e. The second-order valence-corrected chi connectivity index (χ2v) is 6.92. The molecule has 0 saturated heterocycles. The van der Waals surface area contributed by atoms with Crippen LogP contribution < -0.4 is 5.73 Å². The van der Waals surface area contributed by atoms with Crippen molar-refractivity contribution in [2.24, 2.45) is 5.73 Å². The van der Waals surface area contributed by atoms with Gasteiger partial charge in [0.05, 0.1) is 0 Å². The van der Waals surface area contributed by atoms with Gasteiger partial charge < -0.3 is 20.4 Å². The first-order chi connectivity index (χ1) is 10.4. The van der Waals surface area contributed by atoms with Gasteiger partial charge in [0.15, 0.2) is 0 Å². The van der Waals surface area contributed by atoms with Crippen molar-refractivity contribution >= 4 is 7.82 Å². The summed E-state index contributed by atoms with van der Waals surface area (Å²) in [6.45, 7) is 3.16. The van der Waals surface area contributed by atoms with Crippen molar-refractivity contribution in [2.75, 3.05) is 6.54 Å². The van der Waals surface area contributed by atoms with Crippen LogP contribution in [0.15, 0.2) is 0 Å². The molecule has 22 heavy (non-hydrogen) atoms. The van der Waals surface area contributed by atoms with Crippen LogP contribution in [0.1, 0.15) is 96.8 Å². The maximum absolute atomic E-state index is 8.88. The minimum atomic E-state index is -4.64. The predicted molar refractivity (Wildman–Crippen MR) is 93.6 cm³/mol. The second-order valence-electron chi connectivity index (χ2n) is 5.90. The molecule has 0 amide bonds. The molecule has 0 atom stereocenters. The van der Waals surface area contributed by atoms with E-state index >= 15 is 0 Å². The lowest BCUT2D eigenvalue weighted by molar-refractivity contribution is 0.275. The number of hydrogen-bond acceptors (Lipinski definition) is 2. The molecule has 0 fully saturated rings. The summed E-state index contributed by atoms with van der Waals surface area (Å²) in [6.07, 6.45) is 19.9. The van der Waals surface area contributed by atoms with E-state index in [9.17, 15) is 0 Å². The summed E-state index contributed by atoms with van der Waals surface area (Å²) in [4.78, 5) is 21.6. The molecule has 0 aliphatic rings. The van der Waals surface area contributed by atoms with Crippen molar-refractivity contribution in [3.8, 4) is 0 Å². The average molecular weight is 339 g/mol. The van der Waals surface area contributed by atoms with Crippen LogP contribution in [0, 0.1) is 0 Å². The van der Waals surface area contributed by atoms with Crippen LogP contribution in [0.25, 0.3) is 0 Å². The summed E-state index contributed by atoms with van der Waals surface area (Å²) >= 11 is 0. The summed E-state index contributed by atoms with van der Waals surface area (Å²) in [5.41, 5.74) is 5.47. The Kier molecular flexibility index (Phi) is 21.1. The van der Waals surface area contributed by atoms with E-state index in [-0.39, 0.29) is 0 Å². The number of unbranched alkanes of at least 4 members (excludes halogenated alkanes) is 13. The van der Waals surface area contributed by atoms with Gasteiger partial charge in [0.1, 0.15) is 0 Å². The topological polar surface area (TPSA) is 104 Å². The molecule has 0 aliphatic carbocycles. The van der Waals surface area contributed by atoms with Gasteiger partial charge in [0.2, 0.25) is 0 Å². The van der Waals surface area contributed by atoms with Crippen LogP contribution in [0.2, 0.25) is 0 Å². The van der Waals surface area contributed by atoms with Crippen LogP contribution in [-0.2, 0) is 4.57 Å². The lowest BCUT2D eigenvalue weighted by Gasteiger charge is -2.02. The molecule has 0 bridgehead atoms. The van der Waals surface area contributed by atoms with E-state index in [2.05, 4.69) is 6.92 Å². The van der Waals surface area contributed by atoms with Crippen molar-refractivity contribution < 1.29 is 19.2 Å². The van der Waals surface area contributed by atoms with Gasteiger partial charge in [-0.1, -0.05) is 90.4 Å². The molecular weight excluding hydrogens is 301 g/mol. The van der Waals surface area contributed by atoms with Crippen molar-refractivity contribution in [3.05, 3.63) is 0 Å². The summed E-state index contributed by atoms with van der Waals surface area (Å²) in [7, 11) is -4.64. The van der Waals surface area contributed by atoms with Crippen LogP contribution in [0.4, 0.5) is 0 Å². The molecule has 0 rings (SSSR count). The summed E-state index contributed by atoms with van der Waals surface area (Å²) in [5, 5.41) is 0. The number of nitrogens with two attached hydrogens (primary N) is 1. The minimum absolute atomic E-state index is 0.873.